The summed E-state index contributed by atoms with van der Waals surface area (Å²) in [7, 11) is 0. The first kappa shape index (κ1) is 21.5. The zero-order valence-electron chi connectivity index (χ0n) is 18.5. The molecular weight excluding hydrogens is 421 g/mol. The number of para-hydroxylation sites is 1. The van der Waals surface area contributed by atoms with Crippen molar-refractivity contribution in [1.29, 1.82) is 0 Å². The van der Waals surface area contributed by atoms with Crippen LogP contribution >= 0.6 is 0 Å². The first-order valence-electron chi connectivity index (χ1n) is 11.1. The van der Waals surface area contributed by atoms with Crippen LogP contribution in [0.15, 0.2) is 65.8 Å². The number of aliphatic hydroxyl groups is 1. The van der Waals surface area contributed by atoms with E-state index in [1.54, 1.807) is 23.7 Å². The van der Waals surface area contributed by atoms with E-state index in [1.807, 2.05) is 36.4 Å². The quantitative estimate of drug-likeness (QED) is 0.509. The van der Waals surface area contributed by atoms with Crippen LogP contribution in [0.1, 0.15) is 24.0 Å². The predicted octanol–water partition coefficient (Wildman–Crippen LogP) is 3.06. The number of aromatic nitrogens is 4. The topological polar surface area (TPSA) is 76.2 Å². The largest absolute Gasteiger partial charge is 0.388 e. The van der Waals surface area contributed by atoms with Crippen molar-refractivity contribution in [3.63, 3.8) is 0 Å². The molecule has 2 aromatic carbocycles. The van der Waals surface area contributed by atoms with Gasteiger partial charge in [-0.05, 0) is 49.1 Å². The second-order valence-corrected chi connectivity index (χ2v) is 8.89. The molecule has 170 valence electrons. The number of aryl methyl sites for hydroxylation is 1. The van der Waals surface area contributed by atoms with Gasteiger partial charge >= 0.3 is 0 Å². The molecule has 0 radical (unpaired) electrons. The second kappa shape index (κ2) is 8.53. The lowest BCUT2D eigenvalue weighted by Crippen LogP contribution is -2.47. The molecule has 0 saturated carbocycles. The van der Waals surface area contributed by atoms with E-state index < -0.39 is 5.60 Å². The highest BCUT2D eigenvalue weighted by molar-refractivity contribution is 5.74. The highest BCUT2D eigenvalue weighted by atomic mass is 19.1. The van der Waals surface area contributed by atoms with Crippen molar-refractivity contribution in [2.24, 2.45) is 0 Å². The molecule has 0 bridgehead atoms. The van der Waals surface area contributed by atoms with Crippen molar-refractivity contribution in [2.45, 2.75) is 38.5 Å². The summed E-state index contributed by atoms with van der Waals surface area (Å²) >= 11 is 0. The average molecular weight is 448 g/mol. The third kappa shape index (κ3) is 4.31. The fourth-order valence-corrected chi connectivity index (χ4v) is 4.41. The van der Waals surface area contributed by atoms with E-state index in [0.29, 0.717) is 49.1 Å². The van der Waals surface area contributed by atoms with Crippen LogP contribution in [-0.2, 0) is 13.1 Å². The SMILES string of the molecule is Cc1ccc(CN2CCC(O)(Cn3cnc4c(cnn4-c4ccccc4)c3=O)CC2)cc1F. The number of nitrogens with zero attached hydrogens (tertiary/aromatic N) is 5. The molecule has 1 saturated heterocycles. The molecule has 0 aliphatic carbocycles. The van der Waals surface area contributed by atoms with E-state index in [2.05, 4.69) is 15.0 Å². The molecule has 0 spiro atoms. The van der Waals surface area contributed by atoms with Crippen molar-refractivity contribution in [3.8, 4) is 5.69 Å². The maximum atomic E-state index is 13.8. The Kier molecular flexibility index (Phi) is 5.55. The van der Waals surface area contributed by atoms with Crippen LogP contribution in [0.25, 0.3) is 16.7 Å². The minimum atomic E-state index is -0.996. The molecule has 7 nitrogen and oxygen atoms in total. The van der Waals surface area contributed by atoms with Crippen molar-refractivity contribution < 1.29 is 9.50 Å². The summed E-state index contributed by atoms with van der Waals surface area (Å²) in [5.74, 6) is -0.195. The van der Waals surface area contributed by atoms with Gasteiger partial charge in [0.2, 0.25) is 0 Å². The number of piperidine rings is 1. The Labute approximate surface area is 190 Å². The molecule has 1 aliphatic rings. The highest BCUT2D eigenvalue weighted by Crippen LogP contribution is 2.25. The van der Waals surface area contributed by atoms with Crippen molar-refractivity contribution >= 4 is 11.0 Å². The van der Waals surface area contributed by atoms with Gasteiger partial charge in [0, 0.05) is 19.6 Å². The van der Waals surface area contributed by atoms with Crippen LogP contribution in [0.5, 0.6) is 0 Å². The molecule has 1 fully saturated rings. The molecule has 33 heavy (non-hydrogen) atoms. The summed E-state index contributed by atoms with van der Waals surface area (Å²) in [6.45, 7) is 3.91. The number of benzene rings is 2. The van der Waals surface area contributed by atoms with E-state index in [0.717, 1.165) is 11.3 Å². The zero-order chi connectivity index (χ0) is 23.0. The van der Waals surface area contributed by atoms with Gasteiger partial charge in [0.25, 0.3) is 5.56 Å². The molecule has 0 unspecified atom stereocenters. The summed E-state index contributed by atoms with van der Waals surface area (Å²) < 4.78 is 17.0. The fourth-order valence-electron chi connectivity index (χ4n) is 4.41. The van der Waals surface area contributed by atoms with Crippen LogP contribution in [0.3, 0.4) is 0 Å². The van der Waals surface area contributed by atoms with E-state index in [-0.39, 0.29) is 17.9 Å². The van der Waals surface area contributed by atoms with Gasteiger partial charge < -0.3 is 5.11 Å². The van der Waals surface area contributed by atoms with E-state index in [4.69, 9.17) is 0 Å². The summed E-state index contributed by atoms with van der Waals surface area (Å²) in [4.78, 5) is 19.7. The molecule has 8 heteroatoms. The standard InChI is InChI=1S/C25H26FN5O2/c1-18-7-8-19(13-22(18)26)15-29-11-9-25(33,10-12-29)16-30-17-27-23-21(24(30)32)14-28-31(23)20-5-3-2-4-6-20/h2-8,13-14,17,33H,9-12,15-16H2,1H3. The molecule has 1 aliphatic heterocycles. The van der Waals surface area contributed by atoms with Crippen LogP contribution in [0, 0.1) is 12.7 Å². The average Bonchev–Trinajstić information content (AvgIpc) is 3.25. The monoisotopic (exact) mass is 447 g/mol. The molecule has 0 amide bonds. The van der Waals surface area contributed by atoms with Gasteiger partial charge in [-0.15, -0.1) is 0 Å². The lowest BCUT2D eigenvalue weighted by molar-refractivity contribution is -0.0365. The molecule has 1 N–H and O–H groups in total. The summed E-state index contributed by atoms with van der Waals surface area (Å²) in [5, 5.41) is 15.9. The van der Waals surface area contributed by atoms with Crippen LogP contribution in [0.4, 0.5) is 4.39 Å². The Hall–Kier alpha value is -3.36. The fraction of sp³-hybridized carbons (Fsp3) is 0.320. The number of rotatable bonds is 5. The van der Waals surface area contributed by atoms with Crippen molar-refractivity contribution in [2.75, 3.05) is 13.1 Å². The van der Waals surface area contributed by atoms with Crippen molar-refractivity contribution in [1.82, 2.24) is 24.2 Å². The minimum absolute atomic E-state index is 0.179. The normalized spacial score (nSPS) is 16.3. The lowest BCUT2D eigenvalue weighted by Gasteiger charge is -2.38. The highest BCUT2D eigenvalue weighted by Gasteiger charge is 2.33. The van der Waals surface area contributed by atoms with E-state index in [1.165, 1.54) is 17.1 Å². The minimum Gasteiger partial charge on any atom is -0.388 e. The molecule has 4 aromatic rings. The van der Waals surface area contributed by atoms with Gasteiger partial charge in [0.1, 0.15) is 17.5 Å². The second-order valence-electron chi connectivity index (χ2n) is 8.89. The molecule has 3 heterocycles. The van der Waals surface area contributed by atoms with Gasteiger partial charge in [-0.3, -0.25) is 14.3 Å². The summed E-state index contributed by atoms with van der Waals surface area (Å²) in [6.07, 6.45) is 4.07. The van der Waals surface area contributed by atoms with Gasteiger partial charge in [0.05, 0.1) is 24.0 Å². The zero-order valence-corrected chi connectivity index (χ0v) is 18.5. The Morgan fingerprint density at radius 2 is 1.88 bits per heavy atom. The van der Waals surface area contributed by atoms with Gasteiger partial charge in [-0.1, -0.05) is 30.3 Å². The Morgan fingerprint density at radius 3 is 2.61 bits per heavy atom. The van der Waals surface area contributed by atoms with Crippen LogP contribution in [-0.4, -0.2) is 48.0 Å². The summed E-state index contributed by atoms with van der Waals surface area (Å²) in [6, 6.07) is 14.8. The molecular formula is C25H26FN5O2. The number of likely N-dealkylation sites (tertiary alicyclic amines) is 1. The predicted molar refractivity (Wildman–Crippen MR) is 124 cm³/mol. The summed E-state index contributed by atoms with van der Waals surface area (Å²) in [5.41, 5.74) is 1.67. The first-order chi connectivity index (χ1) is 15.9. The molecule has 2 aromatic heterocycles. The Morgan fingerprint density at radius 1 is 1.12 bits per heavy atom. The van der Waals surface area contributed by atoms with Gasteiger partial charge in [-0.25, -0.2) is 14.1 Å². The number of halogens is 1. The van der Waals surface area contributed by atoms with E-state index in [9.17, 15) is 14.3 Å². The van der Waals surface area contributed by atoms with Crippen molar-refractivity contribution in [3.05, 3.63) is 88.4 Å². The maximum Gasteiger partial charge on any atom is 0.264 e. The molecule has 0 atom stereocenters. The third-order valence-corrected chi connectivity index (χ3v) is 6.45. The number of fused-ring (bicyclic) bond motifs is 1. The lowest BCUT2D eigenvalue weighted by atomic mass is 9.91. The van der Waals surface area contributed by atoms with E-state index >= 15 is 0 Å². The Bertz CT molecular complexity index is 1340. The van der Waals surface area contributed by atoms with Crippen LogP contribution in [0.2, 0.25) is 0 Å². The van der Waals surface area contributed by atoms with Gasteiger partial charge in [0.15, 0.2) is 5.65 Å². The smallest absolute Gasteiger partial charge is 0.264 e. The third-order valence-electron chi connectivity index (χ3n) is 6.45. The van der Waals surface area contributed by atoms with Crippen LogP contribution < -0.4 is 5.56 Å². The number of hydrogen-bond donors (Lipinski definition) is 1. The molecule has 5 rings (SSSR count). The Balaban J connectivity index is 1.29. The first-order valence-corrected chi connectivity index (χ1v) is 11.1. The van der Waals surface area contributed by atoms with Gasteiger partial charge in [-0.2, -0.15) is 5.10 Å². The number of hydrogen-bond acceptors (Lipinski definition) is 5. The maximum absolute atomic E-state index is 13.8.